The Morgan fingerprint density at radius 1 is 1.43 bits per heavy atom. The fraction of sp³-hybridized carbons (Fsp3) is 0.533. The highest BCUT2D eigenvalue weighted by molar-refractivity contribution is 5.89. The lowest BCUT2D eigenvalue weighted by molar-refractivity contribution is 0.148. The van der Waals surface area contributed by atoms with Gasteiger partial charge in [-0.25, -0.2) is 9.18 Å². The van der Waals surface area contributed by atoms with Crippen molar-refractivity contribution in [1.82, 2.24) is 5.32 Å². The number of nitrogens with one attached hydrogen (secondary N) is 2. The van der Waals surface area contributed by atoms with Crippen molar-refractivity contribution in [2.75, 3.05) is 25.6 Å². The summed E-state index contributed by atoms with van der Waals surface area (Å²) in [5.41, 5.74) is -0.0839. The van der Waals surface area contributed by atoms with E-state index in [9.17, 15) is 9.18 Å². The van der Waals surface area contributed by atoms with Crippen LogP contribution in [0.15, 0.2) is 18.2 Å². The average molecular weight is 298 g/mol. The van der Waals surface area contributed by atoms with Crippen LogP contribution in [0.4, 0.5) is 14.9 Å². The van der Waals surface area contributed by atoms with Crippen LogP contribution in [0, 0.1) is 11.2 Å². The van der Waals surface area contributed by atoms with E-state index >= 15 is 0 Å². The highest BCUT2D eigenvalue weighted by atomic mass is 19.1. The number of aliphatic hydroxyl groups excluding tert-OH is 1. The van der Waals surface area contributed by atoms with Crippen LogP contribution in [-0.4, -0.2) is 31.4 Å². The van der Waals surface area contributed by atoms with E-state index in [1.54, 1.807) is 0 Å². The Balaban J connectivity index is 2.41. The second kappa shape index (κ2) is 7.83. The van der Waals surface area contributed by atoms with Crippen molar-refractivity contribution in [1.29, 1.82) is 0 Å². The van der Waals surface area contributed by atoms with Crippen molar-refractivity contribution in [3.05, 3.63) is 24.0 Å². The smallest absolute Gasteiger partial charge is 0.319 e. The normalized spacial score (nSPS) is 11.1. The third kappa shape index (κ3) is 5.99. The van der Waals surface area contributed by atoms with E-state index < -0.39 is 11.8 Å². The van der Waals surface area contributed by atoms with Crippen LogP contribution in [0.2, 0.25) is 0 Å². The van der Waals surface area contributed by atoms with Gasteiger partial charge in [0, 0.05) is 19.2 Å². The molecule has 6 heteroatoms. The van der Waals surface area contributed by atoms with Gasteiger partial charge in [0.25, 0.3) is 0 Å². The fourth-order valence-electron chi connectivity index (χ4n) is 1.74. The van der Waals surface area contributed by atoms with E-state index in [1.165, 1.54) is 25.3 Å². The van der Waals surface area contributed by atoms with Crippen LogP contribution in [0.5, 0.6) is 5.75 Å². The van der Waals surface area contributed by atoms with Crippen LogP contribution in [0.3, 0.4) is 0 Å². The van der Waals surface area contributed by atoms with Crippen LogP contribution in [-0.2, 0) is 0 Å². The van der Waals surface area contributed by atoms with Gasteiger partial charge in [-0.1, -0.05) is 13.8 Å². The number of carbonyl (C=O) groups is 1. The van der Waals surface area contributed by atoms with E-state index in [0.29, 0.717) is 12.3 Å². The Kier molecular flexibility index (Phi) is 6.42. The molecule has 0 aliphatic rings. The minimum atomic E-state index is -0.521. The first-order valence-electron chi connectivity index (χ1n) is 6.87. The molecule has 0 spiro atoms. The SMILES string of the molecule is COc1ccc(F)c(NC(=O)NCCCC(C)(C)CO)c1. The van der Waals surface area contributed by atoms with E-state index in [1.807, 2.05) is 13.8 Å². The van der Waals surface area contributed by atoms with Crippen molar-refractivity contribution in [2.24, 2.45) is 5.41 Å². The Hall–Kier alpha value is -1.82. The number of hydrogen-bond donors (Lipinski definition) is 3. The molecule has 118 valence electrons. The summed E-state index contributed by atoms with van der Waals surface area (Å²) in [6, 6.07) is 3.67. The number of aliphatic hydroxyl groups is 1. The number of ether oxygens (including phenoxy) is 1. The molecule has 0 bridgehead atoms. The van der Waals surface area contributed by atoms with Gasteiger partial charge in [-0.3, -0.25) is 0 Å². The molecule has 0 aliphatic carbocycles. The summed E-state index contributed by atoms with van der Waals surface area (Å²) >= 11 is 0. The number of benzene rings is 1. The highest BCUT2D eigenvalue weighted by Crippen LogP contribution is 2.21. The first kappa shape index (κ1) is 17.2. The monoisotopic (exact) mass is 298 g/mol. The number of anilines is 1. The van der Waals surface area contributed by atoms with Gasteiger partial charge in [-0.05, 0) is 30.4 Å². The Morgan fingerprint density at radius 2 is 2.14 bits per heavy atom. The van der Waals surface area contributed by atoms with Gasteiger partial charge < -0.3 is 20.5 Å². The van der Waals surface area contributed by atoms with Gasteiger partial charge in [-0.15, -0.1) is 0 Å². The second-order valence-electron chi connectivity index (χ2n) is 5.65. The number of hydrogen-bond acceptors (Lipinski definition) is 3. The zero-order valence-electron chi connectivity index (χ0n) is 12.7. The Morgan fingerprint density at radius 3 is 2.76 bits per heavy atom. The molecule has 0 unspecified atom stereocenters. The first-order valence-corrected chi connectivity index (χ1v) is 6.87. The minimum absolute atomic E-state index is 0.0718. The van der Waals surface area contributed by atoms with Gasteiger partial charge in [-0.2, -0.15) is 0 Å². The zero-order valence-corrected chi connectivity index (χ0v) is 12.7. The van der Waals surface area contributed by atoms with Crippen molar-refractivity contribution < 1.29 is 19.0 Å². The molecule has 0 heterocycles. The molecule has 1 aromatic carbocycles. The molecule has 0 aromatic heterocycles. The average Bonchev–Trinajstić information content (AvgIpc) is 2.46. The lowest BCUT2D eigenvalue weighted by Gasteiger charge is -2.21. The van der Waals surface area contributed by atoms with Gasteiger partial charge in [0.15, 0.2) is 0 Å². The molecular weight excluding hydrogens is 275 g/mol. The Bertz CT molecular complexity index is 478. The predicted molar refractivity (Wildman–Crippen MR) is 80.1 cm³/mol. The van der Waals surface area contributed by atoms with Crippen LogP contribution in [0.25, 0.3) is 0 Å². The standard InChI is InChI=1S/C15H23FN2O3/c1-15(2,10-19)7-4-8-17-14(20)18-13-9-11(21-3)5-6-12(13)16/h5-6,9,19H,4,7-8,10H2,1-3H3,(H2,17,18,20). The number of carbonyl (C=O) groups excluding carboxylic acids is 1. The van der Waals surface area contributed by atoms with Gasteiger partial charge in [0.1, 0.15) is 11.6 Å². The molecule has 0 saturated heterocycles. The Labute approximate surface area is 124 Å². The second-order valence-corrected chi connectivity index (χ2v) is 5.65. The highest BCUT2D eigenvalue weighted by Gasteiger charge is 2.15. The van der Waals surface area contributed by atoms with Crippen molar-refractivity contribution in [3.63, 3.8) is 0 Å². The van der Waals surface area contributed by atoms with Gasteiger partial charge in [0.05, 0.1) is 12.8 Å². The van der Waals surface area contributed by atoms with E-state index in [2.05, 4.69) is 10.6 Å². The van der Waals surface area contributed by atoms with Crippen molar-refractivity contribution >= 4 is 11.7 Å². The van der Waals surface area contributed by atoms with E-state index in [4.69, 9.17) is 9.84 Å². The molecule has 0 atom stereocenters. The third-order valence-corrected chi connectivity index (χ3v) is 3.17. The number of rotatable bonds is 7. The summed E-state index contributed by atoms with van der Waals surface area (Å²) < 4.78 is 18.5. The van der Waals surface area contributed by atoms with E-state index in [0.717, 1.165) is 12.8 Å². The first-order chi connectivity index (χ1) is 9.88. The molecule has 3 N–H and O–H groups in total. The molecule has 0 radical (unpaired) electrons. The fourth-order valence-corrected chi connectivity index (χ4v) is 1.74. The van der Waals surface area contributed by atoms with Gasteiger partial charge >= 0.3 is 6.03 Å². The summed E-state index contributed by atoms with van der Waals surface area (Å²) in [6.45, 7) is 4.48. The van der Waals surface area contributed by atoms with E-state index in [-0.39, 0.29) is 17.7 Å². The molecule has 2 amide bonds. The maximum Gasteiger partial charge on any atom is 0.319 e. The molecule has 1 rings (SSSR count). The summed E-state index contributed by atoms with van der Waals surface area (Å²) in [5, 5.41) is 14.2. The largest absolute Gasteiger partial charge is 0.497 e. The number of urea groups is 1. The lowest BCUT2D eigenvalue weighted by atomic mass is 9.89. The van der Waals surface area contributed by atoms with Crippen LogP contribution < -0.4 is 15.4 Å². The molecule has 0 fully saturated rings. The lowest BCUT2D eigenvalue weighted by Crippen LogP contribution is -2.30. The van der Waals surface area contributed by atoms with Crippen molar-refractivity contribution in [3.8, 4) is 5.75 Å². The third-order valence-electron chi connectivity index (χ3n) is 3.17. The number of methoxy groups -OCH3 is 1. The summed E-state index contributed by atoms with van der Waals surface area (Å²) in [7, 11) is 1.47. The van der Waals surface area contributed by atoms with Crippen LogP contribution >= 0.6 is 0 Å². The minimum Gasteiger partial charge on any atom is -0.497 e. The number of halogens is 1. The molecule has 1 aromatic rings. The van der Waals surface area contributed by atoms with Crippen molar-refractivity contribution in [2.45, 2.75) is 26.7 Å². The van der Waals surface area contributed by atoms with Gasteiger partial charge in [0.2, 0.25) is 0 Å². The summed E-state index contributed by atoms with van der Waals surface area (Å²) in [4.78, 5) is 11.7. The quantitative estimate of drug-likeness (QED) is 0.678. The summed E-state index contributed by atoms with van der Waals surface area (Å²) in [5.74, 6) is -0.0521. The maximum absolute atomic E-state index is 13.5. The maximum atomic E-state index is 13.5. The predicted octanol–water partition coefficient (Wildman–Crippen LogP) is 2.75. The molecule has 5 nitrogen and oxygen atoms in total. The number of amides is 2. The summed E-state index contributed by atoms with van der Waals surface area (Å²) in [6.07, 6.45) is 1.53. The molecule has 0 aliphatic heterocycles. The molecular formula is C15H23FN2O3. The zero-order chi connectivity index (χ0) is 15.9. The van der Waals surface area contributed by atoms with Crippen LogP contribution in [0.1, 0.15) is 26.7 Å². The topological polar surface area (TPSA) is 70.6 Å². The molecule has 21 heavy (non-hydrogen) atoms. The molecule has 0 saturated carbocycles.